The fraction of sp³-hybridized carbons (Fsp3) is 0.0769. The maximum atomic E-state index is 9.00. The molecule has 0 saturated heterocycles. The average molecular weight is 285 g/mol. The van der Waals surface area contributed by atoms with Gasteiger partial charge in [0, 0.05) is 17.6 Å². The van der Waals surface area contributed by atoms with E-state index in [1.807, 2.05) is 36.4 Å². The van der Waals surface area contributed by atoms with Crippen molar-refractivity contribution in [2.45, 2.75) is 0 Å². The lowest BCUT2D eigenvalue weighted by molar-refractivity contribution is 0.775. The smallest absolute Gasteiger partial charge is 0.192 e. The number of rotatable bonds is 2. The van der Waals surface area contributed by atoms with E-state index in [1.54, 1.807) is 11.7 Å². The van der Waals surface area contributed by atoms with Gasteiger partial charge in [-0.05, 0) is 18.2 Å². The quantitative estimate of drug-likeness (QED) is 0.783. The Morgan fingerprint density at radius 2 is 2.00 bits per heavy atom. The zero-order valence-electron chi connectivity index (χ0n) is 10.5. The van der Waals surface area contributed by atoms with Crippen molar-refractivity contribution in [3.8, 4) is 28.7 Å². The summed E-state index contributed by atoms with van der Waals surface area (Å²) in [5.41, 5.74) is 3.18. The van der Waals surface area contributed by atoms with Gasteiger partial charge in [0.05, 0.1) is 11.4 Å². The molecule has 0 aliphatic rings. The van der Waals surface area contributed by atoms with E-state index >= 15 is 0 Å². The number of nitrogens with zero attached hydrogens (tertiary/aromatic N) is 5. The topological polar surface area (TPSA) is 83.2 Å². The molecule has 0 atom stereocenters. The number of hydrogen-bond acceptors (Lipinski definition) is 4. The van der Waals surface area contributed by atoms with Crippen LogP contribution >= 0.6 is 11.6 Å². The summed E-state index contributed by atoms with van der Waals surface area (Å²) in [4.78, 5) is 0. The second kappa shape index (κ2) is 4.79. The van der Waals surface area contributed by atoms with Gasteiger partial charge in [-0.25, -0.2) is 0 Å². The van der Waals surface area contributed by atoms with Crippen LogP contribution in [0, 0.1) is 11.3 Å². The number of halogens is 1. The Labute approximate surface area is 119 Å². The zero-order chi connectivity index (χ0) is 14.1. The Kier molecular flexibility index (Phi) is 2.97. The van der Waals surface area contributed by atoms with Crippen LogP contribution in [0.3, 0.4) is 0 Å². The standard InChI is InChI=1S/C13H9ClN6/c1-20-12(13-11(7-15)16-19-17-13)6-10(18-20)8-2-4-9(14)5-3-8/h2-6H,1H3,(H,16,17,19). The highest BCUT2D eigenvalue weighted by Gasteiger charge is 2.16. The van der Waals surface area contributed by atoms with E-state index in [9.17, 15) is 0 Å². The van der Waals surface area contributed by atoms with Crippen molar-refractivity contribution >= 4 is 11.6 Å². The van der Waals surface area contributed by atoms with Gasteiger partial charge in [0.2, 0.25) is 0 Å². The molecule has 2 heterocycles. The zero-order valence-corrected chi connectivity index (χ0v) is 11.3. The second-order valence-electron chi connectivity index (χ2n) is 4.18. The number of aryl methyl sites for hydroxylation is 1. The minimum atomic E-state index is 0.246. The molecule has 0 radical (unpaired) electrons. The number of aromatic nitrogens is 5. The summed E-state index contributed by atoms with van der Waals surface area (Å²) in [6.45, 7) is 0. The first-order chi connectivity index (χ1) is 9.69. The van der Waals surface area contributed by atoms with Gasteiger partial charge in [-0.2, -0.15) is 20.7 Å². The first-order valence-electron chi connectivity index (χ1n) is 5.80. The summed E-state index contributed by atoms with van der Waals surface area (Å²) < 4.78 is 1.67. The van der Waals surface area contributed by atoms with Gasteiger partial charge in [-0.15, -0.1) is 5.10 Å². The number of hydrogen-bond donors (Lipinski definition) is 1. The van der Waals surface area contributed by atoms with E-state index < -0.39 is 0 Å². The Morgan fingerprint density at radius 1 is 1.25 bits per heavy atom. The number of nitrogens with one attached hydrogen (secondary N) is 1. The summed E-state index contributed by atoms with van der Waals surface area (Å²) in [5, 5.41) is 24.3. The first kappa shape index (κ1) is 12.4. The van der Waals surface area contributed by atoms with Crippen molar-refractivity contribution in [3.63, 3.8) is 0 Å². The second-order valence-corrected chi connectivity index (χ2v) is 4.61. The molecule has 0 bridgehead atoms. The number of aromatic amines is 1. The van der Waals surface area contributed by atoms with E-state index in [1.165, 1.54) is 0 Å². The van der Waals surface area contributed by atoms with Crippen LogP contribution in [0.4, 0.5) is 0 Å². The Balaban J connectivity index is 2.08. The molecule has 3 rings (SSSR count). The minimum Gasteiger partial charge on any atom is -0.266 e. The maximum absolute atomic E-state index is 9.00. The molecule has 0 aliphatic heterocycles. The summed E-state index contributed by atoms with van der Waals surface area (Å²) in [7, 11) is 1.80. The first-order valence-corrected chi connectivity index (χ1v) is 6.18. The molecule has 6 nitrogen and oxygen atoms in total. The van der Waals surface area contributed by atoms with Crippen LogP contribution in [0.2, 0.25) is 5.02 Å². The molecule has 0 fully saturated rings. The molecule has 0 spiro atoms. The van der Waals surface area contributed by atoms with Crippen LogP contribution in [0.1, 0.15) is 5.69 Å². The van der Waals surface area contributed by atoms with Gasteiger partial charge < -0.3 is 0 Å². The lowest BCUT2D eigenvalue weighted by atomic mass is 10.1. The molecular weight excluding hydrogens is 276 g/mol. The highest BCUT2D eigenvalue weighted by atomic mass is 35.5. The van der Waals surface area contributed by atoms with Crippen molar-refractivity contribution in [3.05, 3.63) is 41.0 Å². The Hall–Kier alpha value is -2.65. The van der Waals surface area contributed by atoms with E-state index in [0.717, 1.165) is 17.0 Å². The summed E-state index contributed by atoms with van der Waals surface area (Å²) in [6.07, 6.45) is 0. The van der Waals surface area contributed by atoms with Crippen molar-refractivity contribution in [2.75, 3.05) is 0 Å². The van der Waals surface area contributed by atoms with E-state index in [2.05, 4.69) is 20.5 Å². The lowest BCUT2D eigenvalue weighted by Crippen LogP contribution is -1.95. The Morgan fingerprint density at radius 3 is 2.70 bits per heavy atom. The van der Waals surface area contributed by atoms with E-state index in [4.69, 9.17) is 16.9 Å². The van der Waals surface area contributed by atoms with Gasteiger partial charge >= 0.3 is 0 Å². The summed E-state index contributed by atoms with van der Waals surface area (Å²) in [5.74, 6) is 0. The van der Waals surface area contributed by atoms with Gasteiger partial charge in [0.1, 0.15) is 11.8 Å². The fourth-order valence-electron chi connectivity index (χ4n) is 1.94. The van der Waals surface area contributed by atoms with E-state index in [0.29, 0.717) is 10.7 Å². The number of nitriles is 1. The van der Waals surface area contributed by atoms with Crippen LogP contribution in [0.5, 0.6) is 0 Å². The fourth-order valence-corrected chi connectivity index (χ4v) is 2.06. The SMILES string of the molecule is Cn1nc(-c2ccc(Cl)cc2)cc1-c1n[nH]nc1C#N. The largest absolute Gasteiger partial charge is 0.266 e. The molecule has 1 N–H and O–H groups in total. The van der Waals surface area contributed by atoms with E-state index in [-0.39, 0.29) is 5.69 Å². The van der Waals surface area contributed by atoms with Crippen LogP contribution in [0.25, 0.3) is 22.6 Å². The highest BCUT2D eigenvalue weighted by molar-refractivity contribution is 6.30. The monoisotopic (exact) mass is 284 g/mol. The normalized spacial score (nSPS) is 10.4. The van der Waals surface area contributed by atoms with Crippen LogP contribution in [0.15, 0.2) is 30.3 Å². The summed E-state index contributed by atoms with van der Waals surface area (Å²) >= 11 is 5.87. The molecule has 0 amide bonds. The lowest BCUT2D eigenvalue weighted by Gasteiger charge is -1.95. The minimum absolute atomic E-state index is 0.246. The maximum Gasteiger partial charge on any atom is 0.192 e. The van der Waals surface area contributed by atoms with Crippen molar-refractivity contribution in [1.29, 1.82) is 5.26 Å². The molecule has 3 aromatic rings. The molecule has 20 heavy (non-hydrogen) atoms. The van der Waals surface area contributed by atoms with Crippen molar-refractivity contribution < 1.29 is 0 Å². The van der Waals surface area contributed by atoms with Gasteiger partial charge in [0.15, 0.2) is 5.69 Å². The summed E-state index contributed by atoms with van der Waals surface area (Å²) in [6, 6.07) is 11.3. The van der Waals surface area contributed by atoms with Crippen molar-refractivity contribution in [2.24, 2.45) is 7.05 Å². The Bertz CT molecular complexity index is 793. The predicted molar refractivity (Wildman–Crippen MR) is 73.7 cm³/mol. The molecule has 2 aromatic heterocycles. The molecule has 0 saturated carbocycles. The molecule has 7 heteroatoms. The third-order valence-corrected chi connectivity index (χ3v) is 3.17. The molecule has 0 unspecified atom stereocenters. The third kappa shape index (κ3) is 2.04. The molecule has 98 valence electrons. The van der Waals surface area contributed by atoms with Gasteiger partial charge in [0.25, 0.3) is 0 Å². The molecule has 1 aromatic carbocycles. The third-order valence-electron chi connectivity index (χ3n) is 2.92. The van der Waals surface area contributed by atoms with Crippen LogP contribution in [-0.4, -0.2) is 25.2 Å². The predicted octanol–water partition coefficient (Wildman–Crippen LogP) is 2.40. The van der Waals surface area contributed by atoms with Crippen molar-refractivity contribution in [1.82, 2.24) is 25.2 Å². The van der Waals surface area contributed by atoms with Crippen LogP contribution in [-0.2, 0) is 7.05 Å². The highest BCUT2D eigenvalue weighted by Crippen LogP contribution is 2.26. The number of H-pyrrole nitrogens is 1. The molecular formula is C13H9ClN6. The van der Waals surface area contributed by atoms with Crippen LogP contribution < -0.4 is 0 Å². The number of benzene rings is 1. The average Bonchev–Trinajstić information content (AvgIpc) is 3.05. The van der Waals surface area contributed by atoms with Gasteiger partial charge in [-0.3, -0.25) is 4.68 Å². The van der Waals surface area contributed by atoms with Gasteiger partial charge in [-0.1, -0.05) is 23.7 Å². The molecule has 0 aliphatic carbocycles.